The van der Waals surface area contributed by atoms with Gasteiger partial charge in [0, 0.05) is 18.5 Å². The fraction of sp³-hybridized carbons (Fsp3) is 0.625. The van der Waals surface area contributed by atoms with E-state index in [0.717, 1.165) is 25.3 Å². The number of rotatable bonds is 3. The molecule has 3 heteroatoms. The average Bonchev–Trinajstić information content (AvgIpc) is 2.47. The Morgan fingerprint density at radius 3 is 2.84 bits per heavy atom. The lowest BCUT2D eigenvalue weighted by molar-refractivity contribution is 0.224. The first-order chi connectivity index (χ1) is 9.33. The predicted molar refractivity (Wildman–Crippen MR) is 77.8 cm³/mol. The van der Waals surface area contributed by atoms with Crippen molar-refractivity contribution in [2.75, 3.05) is 33.3 Å². The number of ether oxygens (including phenoxy) is 1. The van der Waals surface area contributed by atoms with Crippen molar-refractivity contribution < 1.29 is 4.74 Å². The highest BCUT2D eigenvalue weighted by atomic mass is 16.5. The summed E-state index contributed by atoms with van der Waals surface area (Å²) < 4.78 is 5.73. The molecular weight excluding hydrogens is 236 g/mol. The van der Waals surface area contributed by atoms with Crippen LogP contribution in [0.1, 0.15) is 30.7 Å². The molecule has 2 aliphatic heterocycles. The summed E-state index contributed by atoms with van der Waals surface area (Å²) in [5.74, 6) is 1.70. The van der Waals surface area contributed by atoms with Crippen molar-refractivity contribution in [3.63, 3.8) is 0 Å². The van der Waals surface area contributed by atoms with Gasteiger partial charge in [-0.1, -0.05) is 18.2 Å². The third-order valence-electron chi connectivity index (χ3n) is 4.45. The van der Waals surface area contributed by atoms with Gasteiger partial charge < -0.3 is 15.0 Å². The van der Waals surface area contributed by atoms with E-state index >= 15 is 0 Å². The molecule has 1 N–H and O–H groups in total. The van der Waals surface area contributed by atoms with Crippen LogP contribution < -0.4 is 10.1 Å². The number of piperidine rings is 1. The zero-order valence-corrected chi connectivity index (χ0v) is 11.8. The van der Waals surface area contributed by atoms with Crippen LogP contribution in [0.15, 0.2) is 24.3 Å². The second kappa shape index (κ2) is 5.93. The SMILES string of the molecule is CN1CCC(NCC2CCOc3ccccc32)CC1. The van der Waals surface area contributed by atoms with Gasteiger partial charge in [-0.25, -0.2) is 0 Å². The minimum absolute atomic E-state index is 0.615. The Morgan fingerprint density at radius 1 is 1.21 bits per heavy atom. The molecule has 1 saturated heterocycles. The predicted octanol–water partition coefficient (Wildman–Crippen LogP) is 2.24. The van der Waals surface area contributed by atoms with Gasteiger partial charge in [0.05, 0.1) is 6.61 Å². The van der Waals surface area contributed by atoms with Gasteiger partial charge in [-0.15, -0.1) is 0 Å². The molecule has 104 valence electrons. The van der Waals surface area contributed by atoms with Crippen LogP contribution in [0.2, 0.25) is 0 Å². The summed E-state index contributed by atoms with van der Waals surface area (Å²) in [7, 11) is 2.21. The summed E-state index contributed by atoms with van der Waals surface area (Å²) in [5, 5.41) is 3.77. The van der Waals surface area contributed by atoms with Gasteiger partial charge in [0.25, 0.3) is 0 Å². The zero-order chi connectivity index (χ0) is 13.1. The van der Waals surface area contributed by atoms with E-state index in [1.54, 1.807) is 0 Å². The standard InChI is InChI=1S/C16H24N2O/c1-18-9-6-14(7-10-18)17-12-13-8-11-19-16-5-3-2-4-15(13)16/h2-5,13-14,17H,6-12H2,1H3. The number of nitrogens with one attached hydrogen (secondary N) is 1. The van der Waals surface area contributed by atoms with Crippen LogP contribution in [0.4, 0.5) is 0 Å². The number of hydrogen-bond donors (Lipinski definition) is 1. The van der Waals surface area contributed by atoms with Crippen LogP contribution in [0.3, 0.4) is 0 Å². The molecule has 1 aromatic rings. The molecule has 1 unspecified atom stereocenters. The van der Waals surface area contributed by atoms with Crippen molar-refractivity contribution >= 4 is 0 Å². The first-order valence-corrected chi connectivity index (χ1v) is 7.46. The molecule has 0 amide bonds. The smallest absolute Gasteiger partial charge is 0.122 e. The molecule has 0 spiro atoms. The van der Waals surface area contributed by atoms with E-state index in [1.165, 1.54) is 31.5 Å². The normalized spacial score (nSPS) is 24.8. The van der Waals surface area contributed by atoms with Crippen molar-refractivity contribution in [3.8, 4) is 5.75 Å². The third kappa shape index (κ3) is 3.10. The highest BCUT2D eigenvalue weighted by Crippen LogP contribution is 2.32. The Morgan fingerprint density at radius 2 is 2.00 bits per heavy atom. The van der Waals surface area contributed by atoms with Gasteiger partial charge >= 0.3 is 0 Å². The minimum Gasteiger partial charge on any atom is -0.493 e. The van der Waals surface area contributed by atoms with Crippen molar-refractivity contribution in [1.29, 1.82) is 0 Å². The highest BCUT2D eigenvalue weighted by Gasteiger charge is 2.23. The molecule has 2 heterocycles. The fourth-order valence-electron chi connectivity index (χ4n) is 3.15. The summed E-state index contributed by atoms with van der Waals surface area (Å²) in [5.41, 5.74) is 1.38. The van der Waals surface area contributed by atoms with E-state index in [2.05, 4.69) is 41.5 Å². The molecule has 0 aromatic heterocycles. The summed E-state index contributed by atoms with van der Waals surface area (Å²) >= 11 is 0. The Bertz CT molecular complexity index is 413. The molecular formula is C16H24N2O. The summed E-state index contributed by atoms with van der Waals surface area (Å²) in [6.45, 7) is 4.40. The first kappa shape index (κ1) is 12.9. The quantitative estimate of drug-likeness (QED) is 0.902. The van der Waals surface area contributed by atoms with Gasteiger partial charge in [-0.3, -0.25) is 0 Å². The molecule has 0 saturated carbocycles. The van der Waals surface area contributed by atoms with E-state index in [4.69, 9.17) is 4.74 Å². The Balaban J connectivity index is 1.56. The summed E-state index contributed by atoms with van der Waals surface area (Å²) in [4.78, 5) is 2.42. The molecule has 2 aliphatic rings. The third-order valence-corrected chi connectivity index (χ3v) is 4.45. The van der Waals surface area contributed by atoms with Crippen LogP contribution in [-0.4, -0.2) is 44.2 Å². The van der Waals surface area contributed by atoms with E-state index in [0.29, 0.717) is 12.0 Å². The monoisotopic (exact) mass is 260 g/mol. The van der Waals surface area contributed by atoms with Crippen molar-refractivity contribution in [2.45, 2.75) is 31.2 Å². The molecule has 3 rings (SSSR count). The zero-order valence-electron chi connectivity index (χ0n) is 11.8. The van der Waals surface area contributed by atoms with Gasteiger partial charge in [-0.2, -0.15) is 0 Å². The molecule has 0 aliphatic carbocycles. The number of benzene rings is 1. The molecule has 19 heavy (non-hydrogen) atoms. The number of hydrogen-bond acceptors (Lipinski definition) is 3. The lowest BCUT2D eigenvalue weighted by atomic mass is 9.92. The van der Waals surface area contributed by atoms with Crippen LogP contribution in [-0.2, 0) is 0 Å². The Labute approximate surface area is 115 Å². The second-order valence-electron chi connectivity index (χ2n) is 5.86. The van der Waals surface area contributed by atoms with Crippen LogP contribution in [0.5, 0.6) is 5.75 Å². The van der Waals surface area contributed by atoms with E-state index < -0.39 is 0 Å². The molecule has 3 nitrogen and oxygen atoms in total. The Hall–Kier alpha value is -1.06. The average molecular weight is 260 g/mol. The maximum absolute atomic E-state index is 5.73. The maximum Gasteiger partial charge on any atom is 0.122 e. The van der Waals surface area contributed by atoms with E-state index in [-0.39, 0.29) is 0 Å². The lowest BCUT2D eigenvalue weighted by Gasteiger charge is -2.32. The Kier molecular flexibility index (Phi) is 4.04. The van der Waals surface area contributed by atoms with Gasteiger partial charge in [0.1, 0.15) is 5.75 Å². The molecule has 1 fully saturated rings. The lowest BCUT2D eigenvalue weighted by Crippen LogP contribution is -2.42. The van der Waals surface area contributed by atoms with Crippen molar-refractivity contribution in [3.05, 3.63) is 29.8 Å². The number of fused-ring (bicyclic) bond motifs is 1. The van der Waals surface area contributed by atoms with Crippen LogP contribution in [0.25, 0.3) is 0 Å². The molecule has 1 aromatic carbocycles. The van der Waals surface area contributed by atoms with E-state index in [1.807, 2.05) is 0 Å². The largest absolute Gasteiger partial charge is 0.493 e. The van der Waals surface area contributed by atoms with E-state index in [9.17, 15) is 0 Å². The number of para-hydroxylation sites is 1. The van der Waals surface area contributed by atoms with Crippen molar-refractivity contribution in [1.82, 2.24) is 10.2 Å². The minimum atomic E-state index is 0.615. The van der Waals surface area contributed by atoms with Gasteiger partial charge in [0.15, 0.2) is 0 Å². The van der Waals surface area contributed by atoms with Crippen LogP contribution >= 0.6 is 0 Å². The fourth-order valence-corrected chi connectivity index (χ4v) is 3.15. The second-order valence-corrected chi connectivity index (χ2v) is 5.86. The summed E-state index contributed by atoms with van der Waals surface area (Å²) in [6.07, 6.45) is 3.69. The number of nitrogens with zero attached hydrogens (tertiary/aromatic N) is 1. The number of likely N-dealkylation sites (tertiary alicyclic amines) is 1. The maximum atomic E-state index is 5.73. The first-order valence-electron chi connectivity index (χ1n) is 7.46. The van der Waals surface area contributed by atoms with Gasteiger partial charge in [0.2, 0.25) is 0 Å². The molecule has 0 radical (unpaired) electrons. The topological polar surface area (TPSA) is 24.5 Å². The highest BCUT2D eigenvalue weighted by molar-refractivity contribution is 5.37. The van der Waals surface area contributed by atoms with Gasteiger partial charge in [-0.05, 0) is 51.0 Å². The van der Waals surface area contributed by atoms with Crippen LogP contribution in [0, 0.1) is 0 Å². The molecule has 0 bridgehead atoms. The summed E-state index contributed by atoms with van der Waals surface area (Å²) in [6, 6.07) is 9.19. The molecule has 1 atom stereocenters. The van der Waals surface area contributed by atoms with Crippen molar-refractivity contribution in [2.24, 2.45) is 0 Å².